The van der Waals surface area contributed by atoms with Gasteiger partial charge >= 0.3 is 21.1 Å². The molecule has 1 saturated carbocycles. The maximum atomic E-state index is 10.9. The van der Waals surface area contributed by atoms with Gasteiger partial charge in [-0.3, -0.25) is 0 Å². The molecule has 3 nitrogen and oxygen atoms in total. The molecule has 0 heterocycles. The van der Waals surface area contributed by atoms with Crippen molar-refractivity contribution in [3.63, 3.8) is 0 Å². The van der Waals surface area contributed by atoms with Crippen molar-refractivity contribution >= 4 is 0 Å². The average molecular weight is 642 g/mol. The van der Waals surface area contributed by atoms with Crippen molar-refractivity contribution in [2.75, 3.05) is 0 Å². The first kappa shape index (κ1) is 29.1. The van der Waals surface area contributed by atoms with E-state index in [0.29, 0.717) is 11.0 Å². The Morgan fingerprint density at radius 1 is 1.28 bits per heavy atom. The third-order valence-electron chi connectivity index (χ3n) is 6.38. The van der Waals surface area contributed by atoms with Gasteiger partial charge in [-0.2, -0.15) is 5.41 Å². The molecule has 5 heteroatoms. The Bertz CT molecular complexity index is 745. The van der Waals surface area contributed by atoms with Gasteiger partial charge < -0.3 is 22.8 Å². The van der Waals surface area contributed by atoms with E-state index in [4.69, 9.17) is 0 Å². The van der Waals surface area contributed by atoms with Crippen LogP contribution >= 0.6 is 0 Å². The van der Waals surface area contributed by atoms with E-state index in [0.717, 1.165) is 36.8 Å². The number of allylic oxidation sites excluding steroid dienone is 3. The van der Waals surface area contributed by atoms with E-state index in [1.54, 1.807) is 0 Å². The topological polar surface area (TPSA) is 74.0 Å². The summed E-state index contributed by atoms with van der Waals surface area (Å²) in [5.74, 6) is 0.669. The van der Waals surface area contributed by atoms with Gasteiger partial charge in [-0.1, -0.05) is 51.0 Å². The summed E-state index contributed by atoms with van der Waals surface area (Å²) in [5, 5.41) is 21.7. The van der Waals surface area contributed by atoms with Crippen molar-refractivity contribution in [2.24, 2.45) is 11.3 Å². The van der Waals surface area contributed by atoms with Gasteiger partial charge in [0.25, 0.3) is 0 Å². The third-order valence-corrected chi connectivity index (χ3v) is 6.38. The SMILES string of the molecule is C=C(C)C1CCC(C)=C[C@H]1c1c(O)cc(C(C)(C)CC2(C)[CH-]C2)cc1O.[NH2-].[W+2].[Y]. The minimum Gasteiger partial charge on any atom is -0.693 e. The molecule has 3 rings (SSSR count). The number of hydrogen-bond donors (Lipinski definition) is 2. The molecule has 0 aromatic heterocycles. The molecule has 2 unspecified atom stereocenters. The number of phenolic OH excluding ortho intramolecular Hbond substituents is 2. The average Bonchev–Trinajstić information content (AvgIpc) is 3.22. The standard InChI is InChI=1S/C24H33O2.H2N.W.Y/c1-15(2)18-8-7-16(3)11-19(18)22-20(25)12-17(13-21(22)26)23(4,5)14-24(6)9-10-24;;;/h9,11-13,18-19,25-26H,1,7-8,10,14H2,2-6H3;1H2;;/q2*-1;+2;/t18?,19-,24?;;;/m1.../s1. The molecule has 29 heavy (non-hydrogen) atoms. The first-order chi connectivity index (χ1) is 12.0. The minimum atomic E-state index is -0.0959. The van der Waals surface area contributed by atoms with E-state index in [2.05, 4.69) is 46.8 Å². The molecular formula is C24H35NO2WY. The molecule has 1 aromatic carbocycles. The van der Waals surface area contributed by atoms with Gasteiger partial charge in [0.2, 0.25) is 0 Å². The van der Waals surface area contributed by atoms with E-state index in [1.165, 1.54) is 5.57 Å². The molecule has 0 spiro atoms. The first-order valence-electron chi connectivity index (χ1n) is 9.76. The predicted octanol–water partition coefficient (Wildman–Crippen LogP) is 7.11. The van der Waals surface area contributed by atoms with Crippen LogP contribution in [0, 0.1) is 17.8 Å². The zero-order valence-electron chi connectivity index (χ0n) is 18.5. The van der Waals surface area contributed by atoms with Crippen LogP contribution in [-0.4, -0.2) is 10.2 Å². The summed E-state index contributed by atoms with van der Waals surface area (Å²) in [6, 6.07) is 3.74. The number of aromatic hydroxyl groups is 2. The Morgan fingerprint density at radius 2 is 1.79 bits per heavy atom. The van der Waals surface area contributed by atoms with Gasteiger partial charge in [-0.05, 0) is 55.7 Å². The van der Waals surface area contributed by atoms with Crippen LogP contribution in [0.5, 0.6) is 11.5 Å². The smallest absolute Gasteiger partial charge is 0.693 e. The summed E-state index contributed by atoms with van der Waals surface area (Å²) in [7, 11) is 0. The van der Waals surface area contributed by atoms with Crippen LogP contribution in [0.4, 0.5) is 0 Å². The molecular weight excluding hydrogens is 607 g/mol. The quantitative estimate of drug-likeness (QED) is 0.266. The molecule has 0 bridgehead atoms. The van der Waals surface area contributed by atoms with E-state index in [-0.39, 0.29) is 88.7 Å². The largest absolute Gasteiger partial charge is 2.00 e. The van der Waals surface area contributed by atoms with Crippen LogP contribution < -0.4 is 0 Å². The molecule has 3 atom stereocenters. The Kier molecular flexibility index (Phi) is 10.6. The van der Waals surface area contributed by atoms with Crippen molar-refractivity contribution in [3.8, 4) is 11.5 Å². The van der Waals surface area contributed by atoms with Crippen LogP contribution in [0.25, 0.3) is 6.15 Å². The van der Waals surface area contributed by atoms with E-state index >= 15 is 0 Å². The van der Waals surface area contributed by atoms with Crippen molar-refractivity contribution in [2.45, 2.75) is 71.6 Å². The molecule has 1 radical (unpaired) electrons. The number of phenols is 2. The Morgan fingerprint density at radius 3 is 2.24 bits per heavy atom. The number of nitrogens with two attached hydrogens (primary N) is 1. The molecule has 4 N–H and O–H groups in total. The zero-order valence-corrected chi connectivity index (χ0v) is 24.2. The summed E-state index contributed by atoms with van der Waals surface area (Å²) in [6.45, 7) is 15.0. The summed E-state index contributed by atoms with van der Waals surface area (Å²) < 4.78 is 0. The normalized spacial score (nSPS) is 25.6. The van der Waals surface area contributed by atoms with Crippen LogP contribution in [0.1, 0.15) is 77.3 Å². The molecule has 0 saturated heterocycles. The fourth-order valence-corrected chi connectivity index (χ4v) is 4.69. The molecule has 1 fully saturated rings. The van der Waals surface area contributed by atoms with Crippen LogP contribution in [0.3, 0.4) is 0 Å². The van der Waals surface area contributed by atoms with Gasteiger partial charge in [0.15, 0.2) is 0 Å². The second-order valence-corrected chi connectivity index (χ2v) is 9.58. The zero-order chi connectivity index (χ0) is 19.3. The predicted molar refractivity (Wildman–Crippen MR) is 114 cm³/mol. The number of benzene rings is 1. The summed E-state index contributed by atoms with van der Waals surface area (Å²) in [4.78, 5) is 0. The molecule has 1 aromatic rings. The van der Waals surface area contributed by atoms with Crippen LogP contribution in [0.15, 0.2) is 35.9 Å². The fourth-order valence-electron chi connectivity index (χ4n) is 4.69. The van der Waals surface area contributed by atoms with Crippen molar-refractivity contribution in [1.82, 2.24) is 0 Å². The van der Waals surface area contributed by atoms with Gasteiger partial charge in [0.1, 0.15) is 11.5 Å². The summed E-state index contributed by atoms with van der Waals surface area (Å²) in [5.41, 5.74) is 4.28. The van der Waals surface area contributed by atoms with Gasteiger partial charge in [-0.25, -0.2) is 6.42 Å². The summed E-state index contributed by atoms with van der Waals surface area (Å²) in [6.07, 6.45) is 8.78. The van der Waals surface area contributed by atoms with Gasteiger partial charge in [0, 0.05) is 44.2 Å². The summed E-state index contributed by atoms with van der Waals surface area (Å²) >= 11 is 0. The van der Waals surface area contributed by atoms with Gasteiger partial charge in [-0.15, -0.1) is 0 Å². The van der Waals surface area contributed by atoms with E-state index in [1.807, 2.05) is 19.1 Å². The van der Waals surface area contributed by atoms with E-state index in [9.17, 15) is 10.2 Å². The maximum absolute atomic E-state index is 10.9. The van der Waals surface area contributed by atoms with Crippen molar-refractivity contribution < 1.29 is 64.0 Å². The molecule has 157 valence electrons. The van der Waals surface area contributed by atoms with E-state index < -0.39 is 0 Å². The number of rotatable bonds is 5. The second-order valence-electron chi connectivity index (χ2n) is 9.58. The molecule has 0 aliphatic heterocycles. The van der Waals surface area contributed by atoms with Gasteiger partial charge in [0.05, 0.1) is 0 Å². The van der Waals surface area contributed by atoms with Crippen molar-refractivity contribution in [3.05, 3.63) is 59.6 Å². The second kappa shape index (κ2) is 10.6. The van der Waals surface area contributed by atoms with Crippen LogP contribution in [-0.2, 0) is 59.2 Å². The van der Waals surface area contributed by atoms with Crippen LogP contribution in [0.2, 0.25) is 0 Å². The number of hydrogen-bond acceptors (Lipinski definition) is 2. The molecule has 0 amide bonds. The maximum Gasteiger partial charge on any atom is 2.00 e. The Labute approximate surface area is 216 Å². The monoisotopic (exact) mass is 642 g/mol. The third kappa shape index (κ3) is 6.52. The first-order valence-corrected chi connectivity index (χ1v) is 9.76. The Hall–Kier alpha value is 0.0522. The molecule has 2 aliphatic carbocycles. The fraction of sp³-hybridized carbons (Fsp3) is 0.542. The Balaban J connectivity index is 0.00000261. The molecule has 2 aliphatic rings. The van der Waals surface area contributed by atoms with Crippen molar-refractivity contribution in [1.29, 1.82) is 0 Å². The minimum absolute atomic E-state index is 0.